The fraction of sp³-hybridized carbons (Fsp3) is 0.727. The Morgan fingerprint density at radius 3 is 2.31 bits per heavy atom. The van der Waals surface area contributed by atoms with Gasteiger partial charge < -0.3 is 15.4 Å². The molecule has 0 atom stereocenters. The van der Waals surface area contributed by atoms with Gasteiger partial charge in [-0.05, 0) is 68.1 Å². The summed E-state index contributed by atoms with van der Waals surface area (Å²) < 4.78 is 5.51. The highest BCUT2D eigenvalue weighted by Gasteiger charge is 2.28. The van der Waals surface area contributed by atoms with Gasteiger partial charge in [-0.3, -0.25) is 4.90 Å². The fourth-order valence-electron chi connectivity index (χ4n) is 5.05. The number of anilines is 2. The van der Waals surface area contributed by atoms with Gasteiger partial charge in [0.1, 0.15) is 0 Å². The summed E-state index contributed by atoms with van der Waals surface area (Å²) in [5.74, 6) is 1.56. The van der Waals surface area contributed by atoms with Crippen LogP contribution in [-0.2, 0) is 4.74 Å². The lowest BCUT2D eigenvalue weighted by Gasteiger charge is -2.39. The SMILES string of the molecule is CC1CCN(c2cc(C3CCC(N4CCOCC4)CC3)ccc2N)CC1. The van der Waals surface area contributed by atoms with Crippen molar-refractivity contribution < 1.29 is 4.74 Å². The number of rotatable bonds is 3. The van der Waals surface area contributed by atoms with Crippen LogP contribution in [-0.4, -0.2) is 50.3 Å². The van der Waals surface area contributed by atoms with Crippen molar-refractivity contribution in [2.45, 2.75) is 57.4 Å². The number of hydrogen-bond donors (Lipinski definition) is 1. The van der Waals surface area contributed by atoms with Crippen LogP contribution in [0.15, 0.2) is 18.2 Å². The molecule has 0 unspecified atom stereocenters. The molecule has 3 aliphatic rings. The van der Waals surface area contributed by atoms with Gasteiger partial charge in [0.15, 0.2) is 0 Å². The highest BCUT2D eigenvalue weighted by Crippen LogP contribution is 2.38. The van der Waals surface area contributed by atoms with E-state index < -0.39 is 0 Å². The van der Waals surface area contributed by atoms with Crippen LogP contribution in [0.2, 0.25) is 0 Å². The highest BCUT2D eigenvalue weighted by molar-refractivity contribution is 5.69. The molecule has 4 nitrogen and oxygen atoms in total. The first-order valence-corrected chi connectivity index (χ1v) is 10.7. The summed E-state index contributed by atoms with van der Waals surface area (Å²) in [5, 5.41) is 0. The van der Waals surface area contributed by atoms with Crippen molar-refractivity contribution in [2.24, 2.45) is 5.92 Å². The molecular weight excluding hydrogens is 322 g/mol. The van der Waals surface area contributed by atoms with E-state index in [0.29, 0.717) is 5.92 Å². The normalized spacial score (nSPS) is 29.0. The zero-order valence-corrected chi connectivity index (χ0v) is 16.3. The number of hydrogen-bond acceptors (Lipinski definition) is 4. The molecule has 1 aromatic rings. The standard InChI is InChI=1S/C22H35N3O/c1-17-8-10-25(11-9-17)22-16-19(4-7-21(22)23)18-2-5-20(6-3-18)24-12-14-26-15-13-24/h4,7,16-18,20H,2-3,5-6,8-15,23H2,1H3. The fourth-order valence-corrected chi connectivity index (χ4v) is 5.05. The summed E-state index contributed by atoms with van der Waals surface area (Å²) in [6.07, 6.45) is 7.84. The highest BCUT2D eigenvalue weighted by atomic mass is 16.5. The topological polar surface area (TPSA) is 41.7 Å². The van der Waals surface area contributed by atoms with Crippen LogP contribution in [0.3, 0.4) is 0 Å². The average molecular weight is 358 g/mol. The Balaban J connectivity index is 1.40. The number of ether oxygens (including phenoxy) is 1. The first-order chi connectivity index (χ1) is 12.7. The molecule has 0 amide bonds. The number of morpholine rings is 1. The molecule has 2 N–H and O–H groups in total. The quantitative estimate of drug-likeness (QED) is 0.834. The second-order valence-corrected chi connectivity index (χ2v) is 8.64. The van der Waals surface area contributed by atoms with Gasteiger partial charge in [-0.15, -0.1) is 0 Å². The van der Waals surface area contributed by atoms with Crippen LogP contribution < -0.4 is 10.6 Å². The van der Waals surface area contributed by atoms with Gasteiger partial charge >= 0.3 is 0 Å². The van der Waals surface area contributed by atoms with Crippen LogP contribution in [0.25, 0.3) is 0 Å². The second kappa shape index (κ2) is 8.18. The van der Waals surface area contributed by atoms with E-state index in [-0.39, 0.29) is 0 Å². The largest absolute Gasteiger partial charge is 0.397 e. The maximum Gasteiger partial charge on any atom is 0.0602 e. The van der Waals surface area contributed by atoms with Crippen molar-refractivity contribution in [2.75, 3.05) is 50.0 Å². The Morgan fingerprint density at radius 2 is 1.62 bits per heavy atom. The lowest BCUT2D eigenvalue weighted by Crippen LogP contribution is -2.44. The molecule has 1 saturated carbocycles. The second-order valence-electron chi connectivity index (χ2n) is 8.64. The lowest BCUT2D eigenvalue weighted by molar-refractivity contribution is 0.00730. The maximum atomic E-state index is 6.34. The van der Waals surface area contributed by atoms with Crippen LogP contribution in [0.1, 0.15) is 56.9 Å². The van der Waals surface area contributed by atoms with E-state index in [1.54, 1.807) is 0 Å². The molecule has 4 heteroatoms. The summed E-state index contributed by atoms with van der Waals surface area (Å²) in [6, 6.07) is 7.61. The van der Waals surface area contributed by atoms with E-state index in [9.17, 15) is 0 Å². The molecule has 1 aromatic carbocycles. The van der Waals surface area contributed by atoms with Crippen molar-refractivity contribution >= 4 is 11.4 Å². The molecule has 1 aliphatic carbocycles. The molecule has 2 heterocycles. The van der Waals surface area contributed by atoms with Crippen molar-refractivity contribution in [1.82, 2.24) is 4.90 Å². The third kappa shape index (κ3) is 4.01. The van der Waals surface area contributed by atoms with Gasteiger partial charge in [-0.25, -0.2) is 0 Å². The number of piperidine rings is 1. The molecule has 2 saturated heterocycles. The number of nitrogens with two attached hydrogens (primary N) is 1. The number of nitrogen functional groups attached to an aromatic ring is 1. The molecule has 0 spiro atoms. The van der Waals surface area contributed by atoms with E-state index in [1.807, 2.05) is 0 Å². The summed E-state index contributed by atoms with van der Waals surface area (Å²) >= 11 is 0. The third-order valence-corrected chi connectivity index (χ3v) is 6.91. The minimum atomic E-state index is 0.704. The molecule has 3 fully saturated rings. The van der Waals surface area contributed by atoms with Gasteiger partial charge in [0.25, 0.3) is 0 Å². The Bertz CT molecular complexity index is 583. The molecule has 2 aliphatic heterocycles. The van der Waals surface area contributed by atoms with E-state index in [2.05, 4.69) is 34.9 Å². The van der Waals surface area contributed by atoms with E-state index in [0.717, 1.165) is 57.0 Å². The number of nitrogens with zero attached hydrogens (tertiary/aromatic N) is 2. The van der Waals surface area contributed by atoms with E-state index in [1.165, 1.54) is 49.8 Å². The van der Waals surface area contributed by atoms with Gasteiger partial charge in [0.05, 0.1) is 24.6 Å². The van der Waals surface area contributed by atoms with Crippen LogP contribution in [0, 0.1) is 5.92 Å². The van der Waals surface area contributed by atoms with Crippen LogP contribution in [0.5, 0.6) is 0 Å². The first-order valence-electron chi connectivity index (χ1n) is 10.7. The summed E-state index contributed by atoms with van der Waals surface area (Å²) in [7, 11) is 0. The molecule has 0 aromatic heterocycles. The minimum Gasteiger partial charge on any atom is -0.397 e. The van der Waals surface area contributed by atoms with Gasteiger partial charge in [0, 0.05) is 32.2 Å². The van der Waals surface area contributed by atoms with E-state index >= 15 is 0 Å². The first kappa shape index (κ1) is 18.1. The molecule has 0 radical (unpaired) electrons. The van der Waals surface area contributed by atoms with Crippen LogP contribution >= 0.6 is 0 Å². The minimum absolute atomic E-state index is 0.704. The van der Waals surface area contributed by atoms with Crippen molar-refractivity contribution in [3.8, 4) is 0 Å². The van der Waals surface area contributed by atoms with Gasteiger partial charge in [-0.1, -0.05) is 13.0 Å². The Labute approximate surface area is 158 Å². The smallest absolute Gasteiger partial charge is 0.0602 e. The van der Waals surface area contributed by atoms with Crippen molar-refractivity contribution in [3.05, 3.63) is 23.8 Å². The summed E-state index contributed by atoms with van der Waals surface area (Å²) in [6.45, 7) is 8.73. The molecule has 26 heavy (non-hydrogen) atoms. The average Bonchev–Trinajstić information content (AvgIpc) is 2.70. The molecule has 144 valence electrons. The number of benzene rings is 1. The van der Waals surface area contributed by atoms with Gasteiger partial charge in [-0.2, -0.15) is 0 Å². The Hall–Kier alpha value is -1.26. The Morgan fingerprint density at radius 1 is 0.923 bits per heavy atom. The predicted molar refractivity (Wildman–Crippen MR) is 109 cm³/mol. The lowest BCUT2D eigenvalue weighted by atomic mass is 9.81. The monoisotopic (exact) mass is 357 g/mol. The zero-order chi connectivity index (χ0) is 17.9. The zero-order valence-electron chi connectivity index (χ0n) is 16.3. The van der Waals surface area contributed by atoms with Crippen LogP contribution in [0.4, 0.5) is 11.4 Å². The molecule has 4 rings (SSSR count). The van der Waals surface area contributed by atoms with Gasteiger partial charge in [0.2, 0.25) is 0 Å². The molecular formula is C22H35N3O. The maximum absolute atomic E-state index is 6.34. The van der Waals surface area contributed by atoms with E-state index in [4.69, 9.17) is 10.5 Å². The third-order valence-electron chi connectivity index (χ3n) is 6.91. The predicted octanol–water partition coefficient (Wildman–Crippen LogP) is 3.86. The summed E-state index contributed by atoms with van der Waals surface area (Å²) in [5.41, 5.74) is 10.1. The Kier molecular flexibility index (Phi) is 5.70. The molecule has 0 bridgehead atoms. The summed E-state index contributed by atoms with van der Waals surface area (Å²) in [4.78, 5) is 5.17. The van der Waals surface area contributed by atoms with Crippen molar-refractivity contribution in [1.29, 1.82) is 0 Å². The van der Waals surface area contributed by atoms with Crippen molar-refractivity contribution in [3.63, 3.8) is 0 Å².